The van der Waals surface area contributed by atoms with E-state index < -0.39 is 6.10 Å². The van der Waals surface area contributed by atoms with Crippen LogP contribution in [0.5, 0.6) is 11.5 Å². The van der Waals surface area contributed by atoms with Gasteiger partial charge in [0.25, 0.3) is 0 Å². The third kappa shape index (κ3) is 3.19. The summed E-state index contributed by atoms with van der Waals surface area (Å²) in [5.41, 5.74) is 2.81. The van der Waals surface area contributed by atoms with Gasteiger partial charge in [0, 0.05) is 19.0 Å². The van der Waals surface area contributed by atoms with Gasteiger partial charge < -0.3 is 14.6 Å². The van der Waals surface area contributed by atoms with E-state index in [1.807, 2.05) is 42.5 Å². The van der Waals surface area contributed by atoms with Gasteiger partial charge in [-0.05, 0) is 42.3 Å². The summed E-state index contributed by atoms with van der Waals surface area (Å²) in [6.45, 7) is 2.43. The highest BCUT2D eigenvalue weighted by atomic mass is 16.7. The van der Waals surface area contributed by atoms with E-state index in [-0.39, 0.29) is 12.7 Å². The first-order valence-electron chi connectivity index (χ1n) is 8.52. The minimum absolute atomic E-state index is 0.0944. The van der Waals surface area contributed by atoms with Crippen molar-refractivity contribution in [1.82, 2.24) is 4.90 Å². The second-order valence-electron chi connectivity index (χ2n) is 6.58. The van der Waals surface area contributed by atoms with E-state index in [0.29, 0.717) is 18.7 Å². The van der Waals surface area contributed by atoms with Crippen molar-refractivity contribution in [2.75, 3.05) is 19.9 Å². The van der Waals surface area contributed by atoms with Crippen LogP contribution in [0.3, 0.4) is 0 Å². The van der Waals surface area contributed by atoms with E-state index >= 15 is 0 Å². The van der Waals surface area contributed by atoms with E-state index in [0.717, 1.165) is 35.6 Å². The highest BCUT2D eigenvalue weighted by Crippen LogP contribution is 2.37. The van der Waals surface area contributed by atoms with Crippen LogP contribution in [-0.4, -0.2) is 36.0 Å². The first-order chi connectivity index (χ1) is 12.2. The Morgan fingerprint density at radius 1 is 1.16 bits per heavy atom. The number of ether oxygens (including phenoxy) is 2. The van der Waals surface area contributed by atoms with Crippen LogP contribution in [0.25, 0.3) is 0 Å². The summed E-state index contributed by atoms with van der Waals surface area (Å²) in [6, 6.07) is 15.8. The number of hydrogen-bond donors (Lipinski definition) is 1. The van der Waals surface area contributed by atoms with Crippen LogP contribution in [0.1, 0.15) is 29.0 Å². The SMILES string of the molecule is N#Cc1ccccc1CN1CC[C@@H](c2ccc3c(c2)OCO3)[C@H](O)C1. The largest absolute Gasteiger partial charge is 0.454 e. The van der Waals surface area contributed by atoms with Gasteiger partial charge in [-0.1, -0.05) is 24.3 Å². The second kappa shape index (κ2) is 6.75. The fourth-order valence-electron chi connectivity index (χ4n) is 3.68. The fraction of sp³-hybridized carbons (Fsp3) is 0.350. The summed E-state index contributed by atoms with van der Waals surface area (Å²) in [7, 11) is 0. The number of rotatable bonds is 3. The van der Waals surface area contributed by atoms with Crippen molar-refractivity contribution in [3.05, 3.63) is 59.2 Å². The van der Waals surface area contributed by atoms with Crippen molar-refractivity contribution < 1.29 is 14.6 Å². The van der Waals surface area contributed by atoms with Gasteiger partial charge in [0.1, 0.15) is 0 Å². The molecule has 1 saturated heterocycles. The number of likely N-dealkylation sites (tertiary alicyclic amines) is 1. The van der Waals surface area contributed by atoms with E-state index in [9.17, 15) is 10.4 Å². The Bertz CT molecular complexity index is 815. The molecule has 5 nitrogen and oxygen atoms in total. The monoisotopic (exact) mass is 336 g/mol. The first kappa shape index (κ1) is 15.9. The van der Waals surface area contributed by atoms with Gasteiger partial charge in [-0.3, -0.25) is 4.90 Å². The maximum Gasteiger partial charge on any atom is 0.231 e. The van der Waals surface area contributed by atoms with Crippen LogP contribution in [0.4, 0.5) is 0 Å². The predicted molar refractivity (Wildman–Crippen MR) is 92.4 cm³/mol. The summed E-state index contributed by atoms with van der Waals surface area (Å²) < 4.78 is 10.8. The van der Waals surface area contributed by atoms with Gasteiger partial charge in [0.05, 0.1) is 17.7 Å². The average molecular weight is 336 g/mol. The summed E-state index contributed by atoms with van der Waals surface area (Å²) in [6.07, 6.45) is 0.429. The molecule has 1 N–H and O–H groups in total. The molecule has 0 spiro atoms. The minimum atomic E-state index is -0.441. The molecular formula is C20H20N2O3. The number of benzene rings is 2. The molecule has 2 aromatic rings. The van der Waals surface area contributed by atoms with Gasteiger partial charge in [-0.25, -0.2) is 0 Å². The molecule has 2 aliphatic heterocycles. The molecule has 5 heteroatoms. The molecule has 4 rings (SSSR count). The van der Waals surface area contributed by atoms with Gasteiger partial charge in [-0.2, -0.15) is 5.26 Å². The lowest BCUT2D eigenvalue weighted by atomic mass is 9.86. The number of hydrogen-bond acceptors (Lipinski definition) is 5. The van der Waals surface area contributed by atoms with Crippen molar-refractivity contribution in [3.63, 3.8) is 0 Å². The molecule has 2 aromatic carbocycles. The molecule has 128 valence electrons. The Balaban J connectivity index is 1.45. The summed E-state index contributed by atoms with van der Waals surface area (Å²) in [5.74, 6) is 1.62. The summed E-state index contributed by atoms with van der Waals surface area (Å²) in [4.78, 5) is 2.21. The minimum Gasteiger partial charge on any atom is -0.454 e. The van der Waals surface area contributed by atoms with E-state index in [1.54, 1.807) is 0 Å². The Morgan fingerprint density at radius 3 is 2.84 bits per heavy atom. The van der Waals surface area contributed by atoms with Crippen molar-refractivity contribution >= 4 is 0 Å². The third-order valence-corrected chi connectivity index (χ3v) is 5.02. The number of piperidine rings is 1. The highest BCUT2D eigenvalue weighted by molar-refractivity contribution is 5.45. The maximum absolute atomic E-state index is 10.7. The molecule has 0 radical (unpaired) electrons. The summed E-state index contributed by atoms with van der Waals surface area (Å²) in [5, 5.41) is 19.9. The normalized spacial score (nSPS) is 22.6. The lowest BCUT2D eigenvalue weighted by Gasteiger charge is -2.36. The zero-order valence-electron chi connectivity index (χ0n) is 13.9. The lowest BCUT2D eigenvalue weighted by Crippen LogP contribution is -2.42. The second-order valence-corrected chi connectivity index (χ2v) is 6.58. The molecule has 0 unspecified atom stereocenters. The van der Waals surface area contributed by atoms with Crippen LogP contribution in [0.2, 0.25) is 0 Å². The quantitative estimate of drug-likeness (QED) is 0.933. The molecule has 2 aliphatic rings. The number of aliphatic hydroxyl groups is 1. The standard InChI is InChI=1S/C20H20N2O3/c21-10-15-3-1-2-4-16(15)11-22-8-7-17(18(23)12-22)14-5-6-19-20(9-14)25-13-24-19/h1-6,9,17-18,23H,7-8,11-13H2/t17-,18+/m0/s1. The number of β-amino-alcohol motifs (C(OH)–C–C–N with tert-alkyl or cyclic N) is 1. The molecular weight excluding hydrogens is 316 g/mol. The zero-order valence-corrected chi connectivity index (χ0v) is 13.9. The van der Waals surface area contributed by atoms with Gasteiger partial charge in [0.2, 0.25) is 6.79 Å². The van der Waals surface area contributed by atoms with Crippen molar-refractivity contribution in [3.8, 4) is 17.6 Å². The lowest BCUT2D eigenvalue weighted by molar-refractivity contribution is 0.0476. The Kier molecular flexibility index (Phi) is 4.31. The van der Waals surface area contributed by atoms with Crippen molar-refractivity contribution in [2.24, 2.45) is 0 Å². The van der Waals surface area contributed by atoms with Crippen molar-refractivity contribution in [1.29, 1.82) is 5.26 Å². The smallest absolute Gasteiger partial charge is 0.231 e. The number of aliphatic hydroxyl groups excluding tert-OH is 1. The molecule has 0 aliphatic carbocycles. The third-order valence-electron chi connectivity index (χ3n) is 5.02. The Labute approximate surface area is 147 Å². The highest BCUT2D eigenvalue weighted by Gasteiger charge is 2.30. The molecule has 0 saturated carbocycles. The molecule has 1 fully saturated rings. The van der Waals surface area contributed by atoms with E-state index in [1.165, 1.54) is 0 Å². The van der Waals surface area contributed by atoms with E-state index in [2.05, 4.69) is 11.0 Å². The zero-order chi connectivity index (χ0) is 17.2. The number of nitrogens with zero attached hydrogens (tertiary/aromatic N) is 2. The van der Waals surface area contributed by atoms with Crippen LogP contribution < -0.4 is 9.47 Å². The Hall–Kier alpha value is -2.55. The molecule has 25 heavy (non-hydrogen) atoms. The molecule has 0 amide bonds. The summed E-state index contributed by atoms with van der Waals surface area (Å²) >= 11 is 0. The van der Waals surface area contributed by atoms with Crippen LogP contribution in [0, 0.1) is 11.3 Å². The van der Waals surface area contributed by atoms with Crippen LogP contribution in [-0.2, 0) is 6.54 Å². The van der Waals surface area contributed by atoms with Crippen LogP contribution in [0.15, 0.2) is 42.5 Å². The predicted octanol–water partition coefficient (Wildman–Crippen LogP) is 2.64. The molecule has 2 atom stereocenters. The van der Waals surface area contributed by atoms with Gasteiger partial charge >= 0.3 is 0 Å². The van der Waals surface area contributed by atoms with E-state index in [4.69, 9.17) is 9.47 Å². The van der Waals surface area contributed by atoms with Crippen LogP contribution >= 0.6 is 0 Å². The number of fused-ring (bicyclic) bond motifs is 1. The maximum atomic E-state index is 10.7. The first-order valence-corrected chi connectivity index (χ1v) is 8.52. The van der Waals surface area contributed by atoms with Gasteiger partial charge in [0.15, 0.2) is 11.5 Å². The Morgan fingerprint density at radius 2 is 2.00 bits per heavy atom. The van der Waals surface area contributed by atoms with Crippen molar-refractivity contribution in [2.45, 2.75) is 25.0 Å². The number of nitriles is 1. The topological polar surface area (TPSA) is 65.7 Å². The molecule has 2 heterocycles. The fourth-order valence-corrected chi connectivity index (χ4v) is 3.68. The molecule has 0 aromatic heterocycles. The van der Waals surface area contributed by atoms with Gasteiger partial charge in [-0.15, -0.1) is 0 Å². The average Bonchev–Trinajstić information content (AvgIpc) is 3.10. The molecule has 0 bridgehead atoms.